The molecule has 26 heavy (non-hydrogen) atoms. The summed E-state index contributed by atoms with van der Waals surface area (Å²) in [5.41, 5.74) is 1.17. The quantitative estimate of drug-likeness (QED) is 0.832. The van der Waals surface area contributed by atoms with E-state index < -0.39 is 6.61 Å². The maximum atomic E-state index is 12.7. The molecule has 0 unspecified atom stereocenters. The number of aliphatic imine (C=N–C) groups is 1. The fourth-order valence-corrected chi connectivity index (χ4v) is 4.82. The number of alkyl halides is 2. The van der Waals surface area contributed by atoms with E-state index >= 15 is 0 Å². The van der Waals surface area contributed by atoms with Crippen molar-refractivity contribution in [3.05, 3.63) is 45.7 Å². The largest absolute Gasteiger partial charge is 0.435 e. The zero-order valence-corrected chi connectivity index (χ0v) is 15.1. The van der Waals surface area contributed by atoms with Gasteiger partial charge in [-0.1, -0.05) is 36.7 Å². The Kier molecular flexibility index (Phi) is 4.60. The van der Waals surface area contributed by atoms with Gasteiger partial charge in [0, 0.05) is 0 Å². The lowest BCUT2D eigenvalue weighted by atomic mass is 10.1. The average molecular weight is 379 g/mol. The lowest BCUT2D eigenvalue weighted by Gasteiger charge is -2.22. The maximum absolute atomic E-state index is 12.7. The Morgan fingerprint density at radius 3 is 2.85 bits per heavy atom. The van der Waals surface area contributed by atoms with E-state index in [1.54, 1.807) is 12.1 Å². The Labute approximate surface area is 153 Å². The Morgan fingerprint density at radius 2 is 2.12 bits per heavy atom. The number of ether oxygens (including phenoxy) is 1. The van der Waals surface area contributed by atoms with Crippen molar-refractivity contribution < 1.29 is 13.5 Å². The van der Waals surface area contributed by atoms with Crippen molar-refractivity contribution in [1.29, 1.82) is 0 Å². The van der Waals surface area contributed by atoms with Crippen LogP contribution < -0.4 is 10.3 Å². The van der Waals surface area contributed by atoms with E-state index in [-0.39, 0.29) is 22.6 Å². The number of aromatic nitrogens is 2. The third-order valence-corrected chi connectivity index (χ3v) is 6.00. The fraction of sp³-hybridized carbons (Fsp3) is 0.444. The van der Waals surface area contributed by atoms with Crippen molar-refractivity contribution >= 4 is 22.6 Å². The lowest BCUT2D eigenvalue weighted by Crippen LogP contribution is -2.14. The molecule has 1 saturated carbocycles. The summed E-state index contributed by atoms with van der Waals surface area (Å²) < 4.78 is 31.5. The molecule has 5 nitrogen and oxygen atoms in total. The third kappa shape index (κ3) is 3.18. The second kappa shape index (κ2) is 6.90. The first-order chi connectivity index (χ1) is 12.5. The molecule has 2 aromatic rings. The average Bonchev–Trinajstić information content (AvgIpc) is 3.22. The van der Waals surface area contributed by atoms with E-state index in [0.29, 0.717) is 11.4 Å². The number of nitrogens with zero attached hydrogens (tertiary/aromatic N) is 2. The van der Waals surface area contributed by atoms with E-state index in [2.05, 4.69) is 14.8 Å². The van der Waals surface area contributed by atoms with Crippen LogP contribution in [0.4, 0.5) is 14.6 Å². The molecule has 2 heterocycles. The number of fused-ring (bicyclic) bond motifs is 1. The van der Waals surface area contributed by atoms with Crippen LogP contribution in [0, 0.1) is 0 Å². The van der Waals surface area contributed by atoms with Gasteiger partial charge in [0.1, 0.15) is 5.75 Å². The van der Waals surface area contributed by atoms with Crippen molar-refractivity contribution in [3.63, 3.8) is 0 Å². The molecule has 138 valence electrons. The van der Waals surface area contributed by atoms with Gasteiger partial charge in [0.2, 0.25) is 0 Å². The van der Waals surface area contributed by atoms with Gasteiger partial charge in [-0.05, 0) is 37.5 Å². The molecule has 1 aromatic heterocycles. The highest BCUT2D eigenvalue weighted by Crippen LogP contribution is 2.45. The molecule has 1 aromatic carbocycles. The van der Waals surface area contributed by atoms with E-state index in [9.17, 15) is 13.6 Å². The highest BCUT2D eigenvalue weighted by molar-refractivity contribution is 8.14. The zero-order chi connectivity index (χ0) is 18.3. The van der Waals surface area contributed by atoms with Gasteiger partial charge >= 0.3 is 6.61 Å². The van der Waals surface area contributed by atoms with Crippen molar-refractivity contribution in [2.24, 2.45) is 4.99 Å². The standard InChI is InChI=1S/C18H19F2N3O2S/c1-10-21-16-14(17(24)22-23(16)12-6-2-3-7-12)15(26-10)11-5-4-8-13(9-11)25-18(19)20/h4-5,8-9,12,15,18H,2-3,6-7H2,1H3,(H,22,24)/t15-/m1/s1. The normalized spacial score (nSPS) is 20.3. The molecular weight excluding hydrogens is 360 g/mol. The summed E-state index contributed by atoms with van der Waals surface area (Å²) in [6.45, 7) is -0.980. The van der Waals surface area contributed by atoms with E-state index in [1.807, 2.05) is 17.7 Å². The number of nitrogens with one attached hydrogen (secondary N) is 1. The third-order valence-electron chi connectivity index (χ3n) is 4.83. The molecule has 1 aliphatic heterocycles. The number of hydrogen-bond donors (Lipinski definition) is 1. The Bertz CT molecular complexity index is 900. The van der Waals surface area contributed by atoms with Crippen molar-refractivity contribution in [2.75, 3.05) is 0 Å². The van der Waals surface area contributed by atoms with Crippen LogP contribution in [0.25, 0.3) is 0 Å². The number of halogens is 2. The second-order valence-electron chi connectivity index (χ2n) is 6.57. The first-order valence-electron chi connectivity index (χ1n) is 8.64. The molecule has 1 fully saturated rings. The van der Waals surface area contributed by atoms with Gasteiger partial charge in [-0.15, -0.1) is 0 Å². The van der Waals surface area contributed by atoms with Gasteiger partial charge in [0.25, 0.3) is 5.56 Å². The summed E-state index contributed by atoms with van der Waals surface area (Å²) in [6, 6.07) is 6.80. The minimum Gasteiger partial charge on any atom is -0.435 e. The summed E-state index contributed by atoms with van der Waals surface area (Å²) in [4.78, 5) is 17.3. The van der Waals surface area contributed by atoms with Crippen LogP contribution in [0.2, 0.25) is 0 Å². The van der Waals surface area contributed by atoms with Crippen molar-refractivity contribution in [2.45, 2.75) is 50.5 Å². The van der Waals surface area contributed by atoms with Crippen LogP contribution in [-0.2, 0) is 0 Å². The summed E-state index contributed by atoms with van der Waals surface area (Å²) >= 11 is 1.45. The summed E-state index contributed by atoms with van der Waals surface area (Å²) in [5, 5.41) is 3.50. The second-order valence-corrected chi connectivity index (χ2v) is 7.86. The predicted octanol–water partition coefficient (Wildman–Crippen LogP) is 4.78. The molecular formula is C18H19F2N3O2S. The highest BCUT2D eigenvalue weighted by Gasteiger charge is 2.32. The number of hydrogen-bond acceptors (Lipinski definition) is 4. The summed E-state index contributed by atoms with van der Waals surface area (Å²) in [5.74, 6) is 0.759. The first kappa shape index (κ1) is 17.3. The zero-order valence-electron chi connectivity index (χ0n) is 14.2. The predicted molar refractivity (Wildman–Crippen MR) is 97.8 cm³/mol. The monoisotopic (exact) mass is 379 g/mol. The van der Waals surface area contributed by atoms with Crippen LogP contribution in [0.1, 0.15) is 55.0 Å². The van der Waals surface area contributed by atoms with E-state index in [4.69, 9.17) is 0 Å². The molecule has 4 rings (SSSR count). The topological polar surface area (TPSA) is 59.4 Å². The molecule has 1 atom stereocenters. The fourth-order valence-electron chi connectivity index (χ4n) is 3.72. The number of aromatic amines is 1. The van der Waals surface area contributed by atoms with Crippen LogP contribution in [-0.4, -0.2) is 21.4 Å². The van der Waals surface area contributed by atoms with E-state index in [1.165, 1.54) is 17.8 Å². The summed E-state index contributed by atoms with van der Waals surface area (Å²) in [7, 11) is 0. The van der Waals surface area contributed by atoms with Gasteiger partial charge < -0.3 is 4.74 Å². The number of thioether (sulfide) groups is 1. The van der Waals surface area contributed by atoms with E-state index in [0.717, 1.165) is 36.3 Å². The number of rotatable bonds is 4. The van der Waals surface area contributed by atoms with Gasteiger partial charge in [0.05, 0.1) is 21.9 Å². The molecule has 8 heteroatoms. The minimum absolute atomic E-state index is 0.0893. The molecule has 0 saturated heterocycles. The van der Waals surface area contributed by atoms with Crippen molar-refractivity contribution in [1.82, 2.24) is 9.78 Å². The molecule has 1 aliphatic carbocycles. The van der Waals surface area contributed by atoms with Crippen LogP contribution in [0.15, 0.2) is 34.1 Å². The molecule has 1 N–H and O–H groups in total. The van der Waals surface area contributed by atoms with Gasteiger partial charge in [-0.25, -0.2) is 4.99 Å². The number of benzene rings is 1. The summed E-state index contributed by atoms with van der Waals surface area (Å²) in [6.07, 6.45) is 4.35. The van der Waals surface area contributed by atoms with Crippen LogP contribution >= 0.6 is 11.8 Å². The van der Waals surface area contributed by atoms with Gasteiger partial charge in [-0.2, -0.15) is 8.78 Å². The Hall–Kier alpha value is -2.09. The van der Waals surface area contributed by atoms with Crippen molar-refractivity contribution in [3.8, 4) is 5.75 Å². The minimum atomic E-state index is -2.88. The maximum Gasteiger partial charge on any atom is 0.387 e. The molecule has 0 spiro atoms. The Morgan fingerprint density at radius 1 is 1.35 bits per heavy atom. The Balaban J connectivity index is 1.77. The molecule has 2 aliphatic rings. The first-order valence-corrected chi connectivity index (χ1v) is 9.52. The smallest absolute Gasteiger partial charge is 0.387 e. The molecule has 0 bridgehead atoms. The lowest BCUT2D eigenvalue weighted by molar-refractivity contribution is -0.0498. The van der Waals surface area contributed by atoms with Crippen LogP contribution in [0.3, 0.4) is 0 Å². The van der Waals surface area contributed by atoms with Gasteiger partial charge in [-0.3, -0.25) is 14.6 Å². The molecule has 0 radical (unpaired) electrons. The van der Waals surface area contributed by atoms with Crippen LogP contribution in [0.5, 0.6) is 5.75 Å². The SMILES string of the molecule is CC1=Nc2c(c(=O)[nH]n2C2CCCC2)[C@@H](c2cccc(OC(F)F)c2)S1. The molecule has 0 amide bonds. The number of H-pyrrole nitrogens is 1. The van der Waals surface area contributed by atoms with Gasteiger partial charge in [0.15, 0.2) is 5.82 Å². The highest BCUT2D eigenvalue weighted by atomic mass is 32.2.